The molecule has 0 aromatic carbocycles. The fourth-order valence-corrected chi connectivity index (χ4v) is 4.29. The zero-order chi connectivity index (χ0) is 16.7. The lowest BCUT2D eigenvalue weighted by Gasteiger charge is -2.43. The van der Waals surface area contributed by atoms with Crippen molar-refractivity contribution in [1.29, 1.82) is 0 Å². The molecule has 2 N–H and O–H groups in total. The van der Waals surface area contributed by atoms with E-state index in [0.717, 1.165) is 17.1 Å². The van der Waals surface area contributed by atoms with Crippen molar-refractivity contribution in [3.8, 4) is 0 Å². The van der Waals surface area contributed by atoms with Crippen molar-refractivity contribution in [2.24, 2.45) is 21.6 Å². The quantitative estimate of drug-likeness (QED) is 0.867. The van der Waals surface area contributed by atoms with Gasteiger partial charge in [0.1, 0.15) is 6.17 Å². The van der Waals surface area contributed by atoms with Gasteiger partial charge in [-0.1, -0.05) is 19.3 Å². The Labute approximate surface area is 143 Å². The minimum absolute atomic E-state index is 0.00843. The van der Waals surface area contributed by atoms with Gasteiger partial charge in [-0.15, -0.1) is 5.06 Å². The minimum atomic E-state index is -0.569. The number of rotatable bonds is 3. The van der Waals surface area contributed by atoms with Gasteiger partial charge in [0.25, 0.3) is 0 Å². The van der Waals surface area contributed by atoms with Crippen LogP contribution in [0.25, 0.3) is 0 Å². The number of dihydropyridines is 1. The lowest BCUT2D eigenvalue weighted by molar-refractivity contribution is -0.236. The Morgan fingerprint density at radius 1 is 1.25 bits per heavy atom. The van der Waals surface area contributed by atoms with Gasteiger partial charge < -0.3 is 5.73 Å². The molecule has 1 fully saturated rings. The Hall–Kier alpha value is -1.72. The van der Waals surface area contributed by atoms with Crippen LogP contribution >= 0.6 is 0 Å². The van der Waals surface area contributed by atoms with Crippen LogP contribution in [0.3, 0.4) is 0 Å². The van der Waals surface area contributed by atoms with Crippen molar-refractivity contribution in [3.63, 3.8) is 0 Å². The zero-order valence-electron chi connectivity index (χ0n) is 14.5. The van der Waals surface area contributed by atoms with Crippen LogP contribution in [0, 0.1) is 5.92 Å². The van der Waals surface area contributed by atoms with Crippen molar-refractivity contribution in [2.75, 3.05) is 0 Å². The van der Waals surface area contributed by atoms with E-state index in [1.165, 1.54) is 32.1 Å². The van der Waals surface area contributed by atoms with Crippen LogP contribution in [-0.2, 0) is 4.84 Å². The van der Waals surface area contributed by atoms with E-state index in [-0.39, 0.29) is 12.3 Å². The predicted molar refractivity (Wildman–Crippen MR) is 96.6 cm³/mol. The van der Waals surface area contributed by atoms with Crippen molar-refractivity contribution >= 4 is 11.9 Å². The molecule has 24 heavy (non-hydrogen) atoms. The average Bonchev–Trinajstić information content (AvgIpc) is 2.90. The molecule has 2 unspecified atom stereocenters. The third kappa shape index (κ3) is 2.30. The van der Waals surface area contributed by atoms with Gasteiger partial charge in [0.05, 0.1) is 23.2 Å². The first-order valence-electron chi connectivity index (χ1n) is 9.07. The van der Waals surface area contributed by atoms with Gasteiger partial charge in [-0.05, 0) is 56.9 Å². The van der Waals surface area contributed by atoms with E-state index in [0.29, 0.717) is 5.92 Å². The van der Waals surface area contributed by atoms with Gasteiger partial charge in [0.15, 0.2) is 5.54 Å². The van der Waals surface area contributed by atoms with Gasteiger partial charge in [-0.2, -0.15) is 0 Å². The minimum Gasteiger partial charge on any atom is -0.397 e. The Morgan fingerprint density at radius 2 is 2.04 bits per heavy atom. The highest BCUT2D eigenvalue weighted by Crippen LogP contribution is 2.45. The maximum absolute atomic E-state index is 6.33. The van der Waals surface area contributed by atoms with E-state index in [9.17, 15) is 0 Å². The third-order valence-corrected chi connectivity index (χ3v) is 5.33. The average molecular weight is 326 g/mol. The molecule has 0 bridgehead atoms. The molecule has 2 atom stereocenters. The summed E-state index contributed by atoms with van der Waals surface area (Å²) in [7, 11) is 0. The predicted octanol–water partition coefficient (Wildman–Crippen LogP) is 3.11. The van der Waals surface area contributed by atoms with Crippen LogP contribution in [0.15, 0.2) is 45.7 Å². The first-order chi connectivity index (χ1) is 11.6. The van der Waals surface area contributed by atoms with Gasteiger partial charge in [-0.3, -0.25) is 14.8 Å². The summed E-state index contributed by atoms with van der Waals surface area (Å²) in [5.41, 5.74) is 8.31. The highest BCUT2D eigenvalue weighted by atomic mass is 16.7. The molecule has 0 aromatic heterocycles. The monoisotopic (exact) mass is 326 g/mol. The van der Waals surface area contributed by atoms with Crippen LogP contribution < -0.4 is 5.73 Å². The standard InChI is InChI=1S/C19H26N4O/c1-13(2)24-23-18(14-7-4-3-5-8-14)22-17-15(20)9-10-16-19(17,23)11-6-12-21-16/h6,9-14,18H,3-5,7-8,20H2,1-2H3. The van der Waals surface area contributed by atoms with E-state index in [1.807, 2.05) is 24.4 Å². The molecular formula is C19H26N4O. The normalized spacial score (nSPS) is 33.1. The van der Waals surface area contributed by atoms with Crippen LogP contribution in [-0.4, -0.2) is 34.8 Å². The van der Waals surface area contributed by atoms with Gasteiger partial charge in [0, 0.05) is 6.21 Å². The molecule has 2 aliphatic heterocycles. The summed E-state index contributed by atoms with van der Waals surface area (Å²) < 4.78 is 0. The van der Waals surface area contributed by atoms with E-state index in [4.69, 9.17) is 15.6 Å². The molecule has 4 rings (SSSR count). The summed E-state index contributed by atoms with van der Waals surface area (Å²) in [4.78, 5) is 16.0. The number of nitrogens with two attached hydrogens (primary N) is 1. The molecule has 2 aliphatic carbocycles. The van der Waals surface area contributed by atoms with Crippen LogP contribution in [0.1, 0.15) is 46.0 Å². The van der Waals surface area contributed by atoms with Crippen molar-refractivity contribution in [2.45, 2.75) is 63.8 Å². The molecule has 2 heterocycles. The highest BCUT2D eigenvalue weighted by Gasteiger charge is 2.56. The molecule has 0 aromatic rings. The maximum atomic E-state index is 6.33. The second-order valence-corrected chi connectivity index (χ2v) is 7.35. The smallest absolute Gasteiger partial charge is 0.152 e. The Kier molecular flexibility index (Phi) is 3.93. The summed E-state index contributed by atoms with van der Waals surface area (Å²) in [6.07, 6.45) is 16.2. The molecule has 5 nitrogen and oxygen atoms in total. The number of nitrogens with zero attached hydrogens (tertiary/aromatic N) is 3. The van der Waals surface area contributed by atoms with Gasteiger partial charge >= 0.3 is 0 Å². The number of aliphatic imine (C=N–C) groups is 2. The van der Waals surface area contributed by atoms with Crippen LogP contribution in [0.5, 0.6) is 0 Å². The van der Waals surface area contributed by atoms with Crippen molar-refractivity contribution in [3.05, 3.63) is 35.7 Å². The van der Waals surface area contributed by atoms with E-state index in [1.54, 1.807) is 0 Å². The fraction of sp³-hybridized carbons (Fsp3) is 0.579. The number of hydrogen-bond acceptors (Lipinski definition) is 5. The molecule has 0 radical (unpaired) electrons. The summed E-state index contributed by atoms with van der Waals surface area (Å²) in [6.45, 7) is 4.13. The van der Waals surface area contributed by atoms with Crippen molar-refractivity contribution in [1.82, 2.24) is 5.06 Å². The summed E-state index contributed by atoms with van der Waals surface area (Å²) in [6, 6.07) is 0. The maximum Gasteiger partial charge on any atom is 0.152 e. The zero-order valence-corrected chi connectivity index (χ0v) is 14.5. The first kappa shape index (κ1) is 15.8. The highest BCUT2D eigenvalue weighted by molar-refractivity contribution is 6.13. The Bertz CT molecular complexity index is 667. The fourth-order valence-electron chi connectivity index (χ4n) is 4.29. The van der Waals surface area contributed by atoms with E-state index < -0.39 is 5.54 Å². The van der Waals surface area contributed by atoms with Crippen LogP contribution in [0.2, 0.25) is 0 Å². The Morgan fingerprint density at radius 3 is 2.79 bits per heavy atom. The van der Waals surface area contributed by atoms with Crippen LogP contribution in [0.4, 0.5) is 0 Å². The van der Waals surface area contributed by atoms with E-state index >= 15 is 0 Å². The molecular weight excluding hydrogens is 300 g/mol. The second kappa shape index (κ2) is 5.97. The Balaban J connectivity index is 1.79. The van der Waals surface area contributed by atoms with Crippen molar-refractivity contribution < 1.29 is 4.84 Å². The van der Waals surface area contributed by atoms with Gasteiger partial charge in [-0.25, -0.2) is 0 Å². The number of hydrogen-bond donors (Lipinski definition) is 1. The molecule has 4 aliphatic rings. The summed E-state index contributed by atoms with van der Waals surface area (Å²) >= 11 is 0. The first-order valence-corrected chi connectivity index (χ1v) is 9.07. The lowest BCUT2D eigenvalue weighted by atomic mass is 9.82. The summed E-state index contributed by atoms with van der Waals surface area (Å²) in [5.74, 6) is 0.512. The molecule has 0 amide bonds. The molecule has 128 valence electrons. The molecule has 1 spiro atoms. The van der Waals surface area contributed by atoms with E-state index in [2.05, 4.69) is 30.0 Å². The molecule has 1 saturated carbocycles. The lowest BCUT2D eigenvalue weighted by Crippen LogP contribution is -2.56. The SMILES string of the molecule is CC(C)ON1C(C2CCCCC2)N=C2C(N)=CC=C3N=CC=CC321. The third-order valence-electron chi connectivity index (χ3n) is 5.33. The largest absolute Gasteiger partial charge is 0.397 e. The second-order valence-electron chi connectivity index (χ2n) is 7.35. The number of hydroxylamine groups is 2. The summed E-state index contributed by atoms with van der Waals surface area (Å²) in [5, 5.41) is 2.08. The topological polar surface area (TPSA) is 63.2 Å². The molecule has 5 heteroatoms. The van der Waals surface area contributed by atoms with Gasteiger partial charge in [0.2, 0.25) is 0 Å². The number of allylic oxidation sites excluding steroid dienone is 3. The molecule has 0 saturated heterocycles.